The van der Waals surface area contributed by atoms with Gasteiger partial charge in [-0.1, -0.05) is 23.2 Å². The molecule has 0 fully saturated rings. The molecule has 3 heterocycles. The molecule has 1 aliphatic rings. The van der Waals surface area contributed by atoms with Crippen molar-refractivity contribution in [1.82, 2.24) is 4.98 Å². The topological polar surface area (TPSA) is 47.0 Å². The highest BCUT2D eigenvalue weighted by Gasteiger charge is 2.46. The molecule has 0 amide bonds. The summed E-state index contributed by atoms with van der Waals surface area (Å²) in [5, 5.41) is 2.70. The van der Waals surface area contributed by atoms with E-state index < -0.39 is 8.91 Å². The molecule has 0 saturated heterocycles. The third kappa shape index (κ3) is 2.41. The molecule has 0 unspecified atom stereocenters. The second-order valence-corrected chi connectivity index (χ2v) is 8.45. The van der Waals surface area contributed by atoms with E-state index in [0.717, 1.165) is 17.3 Å². The zero-order valence-electron chi connectivity index (χ0n) is 10.4. The highest BCUT2D eigenvalue weighted by Crippen LogP contribution is 2.55. The number of hydrogen-bond acceptors (Lipinski definition) is 5. The summed E-state index contributed by atoms with van der Waals surface area (Å²) in [5.74, 6) is 0. The molecule has 21 heavy (non-hydrogen) atoms. The molecule has 2 aromatic heterocycles. The molecule has 0 N–H and O–H groups in total. The van der Waals surface area contributed by atoms with Crippen LogP contribution < -0.4 is 0 Å². The molecular formula is C13H6Cl3NO2S2. The van der Waals surface area contributed by atoms with E-state index in [1.807, 2.05) is 16.8 Å². The molecule has 0 spiro atoms. The van der Waals surface area contributed by atoms with Gasteiger partial charge in [-0.2, -0.15) is 11.3 Å². The lowest BCUT2D eigenvalue weighted by atomic mass is 9.95. The first kappa shape index (κ1) is 15.3. The maximum atomic E-state index is 12.3. The number of carbonyl (C=O) groups is 2. The molecule has 0 bridgehead atoms. The molecule has 0 radical (unpaired) electrons. The monoisotopic (exact) mass is 377 g/mol. The van der Waals surface area contributed by atoms with Crippen LogP contribution in [0, 0.1) is 6.92 Å². The van der Waals surface area contributed by atoms with Gasteiger partial charge in [0.1, 0.15) is 0 Å². The number of aryl methyl sites for hydroxylation is 1. The van der Waals surface area contributed by atoms with Crippen molar-refractivity contribution >= 4 is 68.3 Å². The quantitative estimate of drug-likeness (QED) is 0.546. The Hall–Kier alpha value is -0.590. The number of aromatic nitrogens is 1. The number of rotatable bonds is 2. The number of carbonyl (C=O) groups excluding carboxylic acids is 2. The summed E-state index contributed by atoms with van der Waals surface area (Å²) in [6.07, 6.45) is 0. The minimum atomic E-state index is -1.45. The van der Waals surface area contributed by atoms with Crippen LogP contribution in [-0.4, -0.2) is 15.3 Å². The van der Waals surface area contributed by atoms with Crippen LogP contribution in [0.15, 0.2) is 16.8 Å². The van der Waals surface area contributed by atoms with Gasteiger partial charge in [0.2, 0.25) is 8.78 Å². The van der Waals surface area contributed by atoms with E-state index in [9.17, 15) is 9.59 Å². The Balaban J connectivity index is 2.46. The summed E-state index contributed by atoms with van der Waals surface area (Å²) >= 11 is 20.2. The van der Waals surface area contributed by atoms with Gasteiger partial charge in [0, 0.05) is 5.56 Å². The van der Waals surface area contributed by atoms with Crippen molar-refractivity contribution in [2.24, 2.45) is 0 Å². The SMILES string of the molecule is Cc1nc2c(c(-c3ccsc3)c1C(=O)Cl)C(=O)SC2(Cl)Cl. The number of nitrogens with zero attached hydrogens (tertiary/aromatic N) is 1. The summed E-state index contributed by atoms with van der Waals surface area (Å²) in [6, 6.07) is 1.81. The summed E-state index contributed by atoms with van der Waals surface area (Å²) in [7, 11) is 0. The second kappa shape index (κ2) is 5.25. The molecule has 0 saturated carbocycles. The van der Waals surface area contributed by atoms with Gasteiger partial charge in [-0.15, -0.1) is 0 Å². The van der Waals surface area contributed by atoms with Gasteiger partial charge < -0.3 is 0 Å². The zero-order valence-corrected chi connectivity index (χ0v) is 14.3. The van der Waals surface area contributed by atoms with Gasteiger partial charge in [-0.25, -0.2) is 0 Å². The zero-order chi connectivity index (χ0) is 15.4. The highest BCUT2D eigenvalue weighted by atomic mass is 35.5. The minimum Gasteiger partial charge on any atom is -0.281 e. The number of alkyl halides is 2. The number of hydrogen-bond donors (Lipinski definition) is 0. The summed E-state index contributed by atoms with van der Waals surface area (Å²) in [4.78, 5) is 28.3. The molecule has 8 heteroatoms. The van der Waals surface area contributed by atoms with E-state index in [-0.39, 0.29) is 21.9 Å². The Morgan fingerprint density at radius 1 is 1.33 bits per heavy atom. The molecule has 0 atom stereocenters. The Morgan fingerprint density at radius 2 is 2.05 bits per heavy atom. The highest BCUT2D eigenvalue weighted by molar-refractivity contribution is 8.17. The second-order valence-electron chi connectivity index (χ2n) is 4.36. The molecule has 0 aliphatic carbocycles. The lowest BCUT2D eigenvalue weighted by Crippen LogP contribution is -2.11. The van der Waals surface area contributed by atoms with Gasteiger partial charge in [-0.05, 0) is 52.7 Å². The maximum absolute atomic E-state index is 12.3. The van der Waals surface area contributed by atoms with Crippen LogP contribution in [0.2, 0.25) is 0 Å². The molecule has 2 aromatic rings. The maximum Gasteiger partial charge on any atom is 0.254 e. The van der Waals surface area contributed by atoms with E-state index in [1.54, 1.807) is 6.92 Å². The normalized spacial score (nSPS) is 16.1. The molecule has 0 aromatic carbocycles. The summed E-state index contributed by atoms with van der Waals surface area (Å²) < 4.78 is -1.45. The average Bonchev–Trinajstić information content (AvgIpc) is 2.95. The van der Waals surface area contributed by atoms with Crippen LogP contribution >= 0.6 is 57.9 Å². The standard InChI is InChI=1S/C13H6Cl3NO2S2/c1-5-7(11(14)18)8(6-2-3-20-4-6)9-10(17-5)13(15,16)21-12(9)19/h2-4H,1H3. The fourth-order valence-electron chi connectivity index (χ4n) is 2.26. The number of thioether (sulfide) groups is 1. The van der Waals surface area contributed by atoms with Gasteiger partial charge in [0.25, 0.3) is 5.24 Å². The Kier molecular flexibility index (Phi) is 3.83. The van der Waals surface area contributed by atoms with E-state index in [0.29, 0.717) is 11.3 Å². The minimum absolute atomic E-state index is 0.216. The van der Waals surface area contributed by atoms with Crippen LogP contribution in [0.1, 0.15) is 32.1 Å². The number of fused-ring (bicyclic) bond motifs is 1. The van der Waals surface area contributed by atoms with Gasteiger partial charge >= 0.3 is 0 Å². The number of pyridine rings is 1. The summed E-state index contributed by atoms with van der Waals surface area (Å²) in [6.45, 7) is 1.64. The van der Waals surface area contributed by atoms with Crippen LogP contribution in [0.5, 0.6) is 0 Å². The van der Waals surface area contributed by atoms with Crippen molar-refractivity contribution in [3.8, 4) is 11.1 Å². The smallest absolute Gasteiger partial charge is 0.254 e. The van der Waals surface area contributed by atoms with Crippen molar-refractivity contribution in [2.75, 3.05) is 0 Å². The Morgan fingerprint density at radius 3 is 2.62 bits per heavy atom. The van der Waals surface area contributed by atoms with Crippen LogP contribution in [0.4, 0.5) is 0 Å². The predicted octanol–water partition coefficient (Wildman–Crippen LogP) is 4.97. The van der Waals surface area contributed by atoms with Gasteiger partial charge in [0.15, 0.2) is 0 Å². The van der Waals surface area contributed by atoms with Crippen molar-refractivity contribution in [2.45, 2.75) is 10.6 Å². The molecule has 1 aliphatic heterocycles. The lowest BCUT2D eigenvalue weighted by Gasteiger charge is -2.15. The van der Waals surface area contributed by atoms with Gasteiger partial charge in [0.05, 0.1) is 22.5 Å². The first-order valence-electron chi connectivity index (χ1n) is 5.71. The Labute approximate surface area is 143 Å². The van der Waals surface area contributed by atoms with E-state index >= 15 is 0 Å². The third-order valence-electron chi connectivity index (χ3n) is 3.09. The van der Waals surface area contributed by atoms with Crippen molar-refractivity contribution in [3.05, 3.63) is 39.3 Å². The van der Waals surface area contributed by atoms with E-state index in [4.69, 9.17) is 34.8 Å². The van der Waals surface area contributed by atoms with E-state index in [1.165, 1.54) is 11.3 Å². The molecule has 3 nitrogen and oxygen atoms in total. The fraction of sp³-hybridized carbons (Fsp3) is 0.154. The van der Waals surface area contributed by atoms with Crippen molar-refractivity contribution in [1.29, 1.82) is 0 Å². The number of thiophene rings is 1. The van der Waals surface area contributed by atoms with Crippen molar-refractivity contribution in [3.63, 3.8) is 0 Å². The fourth-order valence-corrected chi connectivity index (χ4v) is 4.61. The largest absolute Gasteiger partial charge is 0.281 e. The van der Waals surface area contributed by atoms with Crippen LogP contribution in [0.3, 0.4) is 0 Å². The van der Waals surface area contributed by atoms with Crippen molar-refractivity contribution < 1.29 is 9.59 Å². The van der Waals surface area contributed by atoms with E-state index in [2.05, 4.69) is 4.98 Å². The average molecular weight is 379 g/mol. The molecule has 3 rings (SSSR count). The third-order valence-corrected chi connectivity index (χ3v) is 5.62. The summed E-state index contributed by atoms with van der Waals surface area (Å²) in [5.41, 5.74) is 2.33. The van der Waals surface area contributed by atoms with Crippen LogP contribution in [-0.2, 0) is 3.67 Å². The van der Waals surface area contributed by atoms with Gasteiger partial charge in [-0.3, -0.25) is 14.6 Å². The van der Waals surface area contributed by atoms with Crippen LogP contribution in [0.25, 0.3) is 11.1 Å². The lowest BCUT2D eigenvalue weighted by molar-refractivity contribution is 0.108. The Bertz CT molecular complexity index is 772. The number of halogens is 3. The first-order valence-corrected chi connectivity index (χ1v) is 8.61. The predicted molar refractivity (Wildman–Crippen MR) is 87.8 cm³/mol. The molecular weight excluding hydrogens is 373 g/mol. The molecule has 108 valence electrons. The first-order chi connectivity index (χ1) is 9.83.